The number of piperidine rings is 1. The molecule has 2 rings (SSSR count). The molecule has 1 aromatic rings. The summed E-state index contributed by atoms with van der Waals surface area (Å²) >= 11 is 0. The van der Waals surface area contributed by atoms with Crippen molar-refractivity contribution >= 4 is 5.97 Å². The summed E-state index contributed by atoms with van der Waals surface area (Å²) in [4.78, 5) is 13.6. The predicted molar refractivity (Wildman–Crippen MR) is 66.9 cm³/mol. The fraction of sp³-hybridized carbons (Fsp3) is 0.500. The van der Waals surface area contributed by atoms with Crippen LogP contribution >= 0.6 is 0 Å². The molecule has 0 spiro atoms. The fourth-order valence-corrected chi connectivity index (χ4v) is 2.76. The second-order valence-corrected chi connectivity index (χ2v) is 5.20. The van der Waals surface area contributed by atoms with Crippen LogP contribution in [0.3, 0.4) is 0 Å². The molecular weight excluding hydrogens is 233 g/mol. The molecule has 0 aromatic heterocycles. The zero-order valence-electron chi connectivity index (χ0n) is 10.5. The van der Waals surface area contributed by atoms with Crippen molar-refractivity contribution < 1.29 is 14.3 Å². The minimum Gasteiger partial charge on any atom is -0.481 e. The maximum absolute atomic E-state index is 13.7. The van der Waals surface area contributed by atoms with Crippen molar-refractivity contribution in [2.45, 2.75) is 19.3 Å². The van der Waals surface area contributed by atoms with Crippen LogP contribution in [0, 0.1) is 11.2 Å². The average Bonchev–Trinajstić information content (AvgIpc) is 2.32. The molecule has 1 atom stereocenters. The molecule has 0 saturated carbocycles. The van der Waals surface area contributed by atoms with Crippen LogP contribution in [0.1, 0.15) is 18.4 Å². The minimum atomic E-state index is -0.852. The molecular formula is C14H18FNO2. The van der Waals surface area contributed by atoms with E-state index >= 15 is 0 Å². The first-order valence-corrected chi connectivity index (χ1v) is 6.19. The van der Waals surface area contributed by atoms with E-state index in [2.05, 4.69) is 0 Å². The summed E-state index contributed by atoms with van der Waals surface area (Å²) < 4.78 is 13.7. The number of carboxylic acids is 1. The lowest BCUT2D eigenvalue weighted by molar-refractivity contribution is -0.152. The highest BCUT2D eigenvalue weighted by Crippen LogP contribution is 2.34. The Balaban J connectivity index is 2.26. The zero-order chi connectivity index (χ0) is 13.2. The lowest BCUT2D eigenvalue weighted by Gasteiger charge is -2.38. The van der Waals surface area contributed by atoms with Crippen LogP contribution in [0.25, 0.3) is 0 Å². The van der Waals surface area contributed by atoms with E-state index in [0.717, 1.165) is 13.0 Å². The van der Waals surface area contributed by atoms with Gasteiger partial charge in [0.1, 0.15) is 5.82 Å². The van der Waals surface area contributed by atoms with Gasteiger partial charge in [0.05, 0.1) is 5.41 Å². The Labute approximate surface area is 106 Å². The molecule has 1 aliphatic heterocycles. The number of hydrogen-bond acceptors (Lipinski definition) is 2. The van der Waals surface area contributed by atoms with Gasteiger partial charge in [0, 0.05) is 6.54 Å². The summed E-state index contributed by atoms with van der Waals surface area (Å²) in [6.07, 6.45) is 1.72. The summed E-state index contributed by atoms with van der Waals surface area (Å²) in [7, 11) is 1.91. The standard InChI is InChI=1S/C14H18FNO2/c1-16-8-4-7-14(10-16,13(17)18)9-11-5-2-3-6-12(11)15/h2-3,5-6H,4,7-10H2,1H3,(H,17,18). The molecule has 1 unspecified atom stereocenters. The summed E-state index contributed by atoms with van der Waals surface area (Å²) in [6.45, 7) is 1.39. The smallest absolute Gasteiger partial charge is 0.311 e. The predicted octanol–water partition coefficient (Wildman–Crippen LogP) is 2.16. The van der Waals surface area contributed by atoms with Gasteiger partial charge in [0.15, 0.2) is 0 Å². The third kappa shape index (κ3) is 2.53. The Morgan fingerprint density at radius 2 is 2.22 bits per heavy atom. The summed E-state index contributed by atoms with van der Waals surface area (Å²) in [6, 6.07) is 6.44. The van der Waals surface area contributed by atoms with Crippen LogP contribution in [0.5, 0.6) is 0 Å². The molecule has 1 aliphatic rings. The monoisotopic (exact) mass is 251 g/mol. The summed E-state index contributed by atoms with van der Waals surface area (Å²) in [5.74, 6) is -1.14. The van der Waals surface area contributed by atoms with Gasteiger partial charge in [0.25, 0.3) is 0 Å². The molecule has 3 nitrogen and oxygen atoms in total. The number of aliphatic carboxylic acids is 1. The highest BCUT2D eigenvalue weighted by molar-refractivity contribution is 5.75. The molecule has 0 radical (unpaired) electrons. The van der Waals surface area contributed by atoms with Gasteiger partial charge in [0.2, 0.25) is 0 Å². The maximum atomic E-state index is 13.7. The third-order valence-corrected chi connectivity index (χ3v) is 3.71. The molecule has 1 heterocycles. The third-order valence-electron chi connectivity index (χ3n) is 3.71. The number of likely N-dealkylation sites (tertiary alicyclic amines) is 1. The van der Waals surface area contributed by atoms with E-state index in [-0.39, 0.29) is 12.2 Å². The summed E-state index contributed by atoms with van der Waals surface area (Å²) in [5, 5.41) is 9.51. The van der Waals surface area contributed by atoms with Gasteiger partial charge in [-0.05, 0) is 44.5 Å². The van der Waals surface area contributed by atoms with Crippen molar-refractivity contribution in [1.82, 2.24) is 4.90 Å². The highest BCUT2D eigenvalue weighted by atomic mass is 19.1. The van der Waals surface area contributed by atoms with Gasteiger partial charge in [-0.3, -0.25) is 4.79 Å². The first-order valence-electron chi connectivity index (χ1n) is 6.19. The highest BCUT2D eigenvalue weighted by Gasteiger charge is 2.41. The molecule has 1 saturated heterocycles. The van der Waals surface area contributed by atoms with Crippen LogP contribution in [0.4, 0.5) is 4.39 Å². The first kappa shape index (κ1) is 13.0. The quantitative estimate of drug-likeness (QED) is 0.895. The largest absolute Gasteiger partial charge is 0.481 e. The van der Waals surface area contributed by atoms with E-state index in [9.17, 15) is 14.3 Å². The SMILES string of the molecule is CN1CCCC(Cc2ccccc2F)(C(=O)O)C1. The number of benzene rings is 1. The normalized spacial score (nSPS) is 25.0. The van der Waals surface area contributed by atoms with Crippen molar-refractivity contribution in [3.05, 3.63) is 35.6 Å². The van der Waals surface area contributed by atoms with Gasteiger partial charge in [-0.25, -0.2) is 4.39 Å². The fourth-order valence-electron chi connectivity index (χ4n) is 2.76. The lowest BCUT2D eigenvalue weighted by atomic mass is 9.75. The van der Waals surface area contributed by atoms with E-state index < -0.39 is 11.4 Å². The number of carboxylic acid groups (broad SMARTS) is 1. The lowest BCUT2D eigenvalue weighted by Crippen LogP contribution is -2.47. The van der Waals surface area contributed by atoms with E-state index in [4.69, 9.17) is 0 Å². The van der Waals surface area contributed by atoms with E-state index in [1.54, 1.807) is 18.2 Å². The van der Waals surface area contributed by atoms with Crippen molar-refractivity contribution in [3.8, 4) is 0 Å². The number of rotatable bonds is 3. The van der Waals surface area contributed by atoms with Crippen LogP contribution in [0.2, 0.25) is 0 Å². The van der Waals surface area contributed by atoms with Crippen molar-refractivity contribution in [2.24, 2.45) is 5.41 Å². The Morgan fingerprint density at radius 1 is 1.50 bits per heavy atom. The van der Waals surface area contributed by atoms with Crippen LogP contribution in [0.15, 0.2) is 24.3 Å². The number of nitrogens with zero attached hydrogens (tertiary/aromatic N) is 1. The zero-order valence-corrected chi connectivity index (χ0v) is 10.5. The topological polar surface area (TPSA) is 40.5 Å². The molecule has 98 valence electrons. The molecule has 1 aromatic carbocycles. The van der Waals surface area contributed by atoms with Crippen LogP contribution in [-0.2, 0) is 11.2 Å². The second kappa shape index (κ2) is 5.06. The minimum absolute atomic E-state index is 0.263. The molecule has 4 heteroatoms. The van der Waals surface area contributed by atoms with E-state index in [0.29, 0.717) is 18.5 Å². The molecule has 1 N–H and O–H groups in total. The molecule has 0 amide bonds. The van der Waals surface area contributed by atoms with Gasteiger partial charge in [-0.2, -0.15) is 0 Å². The molecule has 18 heavy (non-hydrogen) atoms. The van der Waals surface area contributed by atoms with Gasteiger partial charge in [-0.15, -0.1) is 0 Å². The second-order valence-electron chi connectivity index (χ2n) is 5.20. The maximum Gasteiger partial charge on any atom is 0.311 e. The van der Waals surface area contributed by atoms with Crippen molar-refractivity contribution in [2.75, 3.05) is 20.1 Å². The van der Waals surface area contributed by atoms with Crippen molar-refractivity contribution in [3.63, 3.8) is 0 Å². The van der Waals surface area contributed by atoms with Crippen LogP contribution in [-0.4, -0.2) is 36.1 Å². The van der Waals surface area contributed by atoms with E-state index in [1.165, 1.54) is 6.07 Å². The molecule has 0 aliphatic carbocycles. The molecule has 0 bridgehead atoms. The first-order chi connectivity index (χ1) is 8.53. The number of halogens is 1. The van der Waals surface area contributed by atoms with Gasteiger partial charge >= 0.3 is 5.97 Å². The Morgan fingerprint density at radius 3 is 2.83 bits per heavy atom. The Hall–Kier alpha value is -1.42. The van der Waals surface area contributed by atoms with Gasteiger partial charge in [-0.1, -0.05) is 18.2 Å². The van der Waals surface area contributed by atoms with Gasteiger partial charge < -0.3 is 10.0 Å². The number of hydrogen-bond donors (Lipinski definition) is 1. The van der Waals surface area contributed by atoms with Crippen LogP contribution < -0.4 is 0 Å². The number of carbonyl (C=O) groups is 1. The average molecular weight is 251 g/mol. The Bertz CT molecular complexity index is 449. The summed E-state index contributed by atoms with van der Waals surface area (Å²) in [5.41, 5.74) is -0.356. The Kier molecular flexibility index (Phi) is 3.66. The van der Waals surface area contributed by atoms with Crippen molar-refractivity contribution in [1.29, 1.82) is 0 Å². The molecule has 1 fully saturated rings. The van der Waals surface area contributed by atoms with E-state index in [1.807, 2.05) is 11.9 Å².